The Morgan fingerprint density at radius 1 is 0.941 bits per heavy atom. The van der Waals surface area contributed by atoms with E-state index in [2.05, 4.69) is 10.6 Å². The van der Waals surface area contributed by atoms with Crippen LogP contribution in [0.25, 0.3) is 0 Å². The van der Waals surface area contributed by atoms with E-state index in [0.717, 1.165) is 24.0 Å². The normalized spacial score (nSPS) is 12.0. The fourth-order valence-corrected chi connectivity index (χ4v) is 4.50. The number of benzene rings is 3. The van der Waals surface area contributed by atoms with Crippen molar-refractivity contribution in [3.05, 3.63) is 95.6 Å². The van der Waals surface area contributed by atoms with Crippen molar-refractivity contribution in [1.29, 1.82) is 0 Å². The second-order valence-electron chi connectivity index (χ2n) is 7.54. The first-order chi connectivity index (χ1) is 16.1. The monoisotopic (exact) mass is 487 g/mol. The van der Waals surface area contributed by atoms with Crippen molar-refractivity contribution >= 4 is 33.2 Å². The highest BCUT2D eigenvalue weighted by Gasteiger charge is 2.30. The molecule has 0 aliphatic rings. The fourth-order valence-electron chi connectivity index (χ4n) is 3.33. The van der Waals surface area contributed by atoms with E-state index >= 15 is 0 Å². The van der Waals surface area contributed by atoms with Gasteiger partial charge in [0.15, 0.2) is 11.6 Å². The molecule has 3 rings (SSSR count). The van der Waals surface area contributed by atoms with Crippen LogP contribution in [0.1, 0.15) is 22.8 Å². The van der Waals surface area contributed by atoms with Crippen LogP contribution >= 0.6 is 0 Å². The van der Waals surface area contributed by atoms with Crippen LogP contribution in [0.2, 0.25) is 0 Å². The lowest BCUT2D eigenvalue weighted by atomic mass is 10.1. The van der Waals surface area contributed by atoms with Crippen molar-refractivity contribution < 1.29 is 26.8 Å². The molecule has 2 N–H and O–H groups in total. The minimum absolute atomic E-state index is 0.170. The van der Waals surface area contributed by atoms with Crippen LogP contribution in [0.3, 0.4) is 0 Å². The molecule has 7 nitrogen and oxygen atoms in total. The quantitative estimate of drug-likeness (QED) is 0.507. The number of para-hydroxylation sites is 1. The van der Waals surface area contributed by atoms with Crippen molar-refractivity contribution in [1.82, 2.24) is 5.32 Å². The number of sulfonamides is 1. The van der Waals surface area contributed by atoms with Crippen molar-refractivity contribution in [3.63, 3.8) is 0 Å². The maximum Gasteiger partial charge on any atom is 0.253 e. The third-order valence-electron chi connectivity index (χ3n) is 4.97. The second-order valence-corrected chi connectivity index (χ2v) is 9.40. The molecule has 3 aromatic rings. The first kappa shape index (κ1) is 24.8. The molecule has 1 atom stereocenters. The van der Waals surface area contributed by atoms with Gasteiger partial charge in [-0.1, -0.05) is 42.5 Å². The van der Waals surface area contributed by atoms with Gasteiger partial charge in [0.2, 0.25) is 15.9 Å². The zero-order valence-electron chi connectivity index (χ0n) is 18.5. The molecule has 0 bridgehead atoms. The molecular weight excluding hydrogens is 464 g/mol. The number of nitrogens with zero attached hydrogens (tertiary/aromatic N) is 1. The average Bonchev–Trinajstić information content (AvgIpc) is 2.80. The van der Waals surface area contributed by atoms with Gasteiger partial charge in [-0.25, -0.2) is 17.2 Å². The number of carbonyl (C=O) groups excluding carboxylic acids is 2. The third kappa shape index (κ3) is 5.96. The number of nitrogens with one attached hydrogen (secondary N) is 2. The van der Waals surface area contributed by atoms with E-state index < -0.39 is 39.5 Å². The van der Waals surface area contributed by atoms with Gasteiger partial charge >= 0.3 is 0 Å². The van der Waals surface area contributed by atoms with Crippen LogP contribution in [-0.2, 0) is 21.4 Å². The lowest BCUT2D eigenvalue weighted by Gasteiger charge is -2.28. The van der Waals surface area contributed by atoms with Crippen LogP contribution in [0.15, 0.2) is 72.8 Å². The number of anilines is 2. The summed E-state index contributed by atoms with van der Waals surface area (Å²) < 4.78 is 52.5. The Balaban J connectivity index is 1.81. The summed E-state index contributed by atoms with van der Waals surface area (Å²) in [7, 11) is -4.05. The zero-order chi connectivity index (χ0) is 24.9. The first-order valence-corrected chi connectivity index (χ1v) is 12.1. The summed E-state index contributed by atoms with van der Waals surface area (Å²) in [5, 5.41) is 5.33. The molecule has 0 aliphatic heterocycles. The lowest BCUT2D eigenvalue weighted by molar-refractivity contribution is -0.116. The van der Waals surface area contributed by atoms with Crippen LogP contribution in [0.5, 0.6) is 0 Å². The maximum atomic E-state index is 13.7. The molecule has 0 aromatic heterocycles. The third-order valence-corrected chi connectivity index (χ3v) is 6.21. The van der Waals surface area contributed by atoms with Crippen molar-refractivity contribution in [2.24, 2.45) is 0 Å². The van der Waals surface area contributed by atoms with E-state index in [-0.39, 0.29) is 23.5 Å². The SMILES string of the molecule is C[C@H](C(=O)Nc1ccccc1C(=O)NCc1ccccc1)N(c1ccc(F)c(F)c1)S(C)(=O)=O. The minimum atomic E-state index is -4.05. The highest BCUT2D eigenvalue weighted by molar-refractivity contribution is 7.92. The van der Waals surface area contributed by atoms with Gasteiger partial charge in [0.05, 0.1) is 23.2 Å². The molecule has 0 saturated heterocycles. The predicted molar refractivity (Wildman–Crippen MR) is 126 cm³/mol. The summed E-state index contributed by atoms with van der Waals surface area (Å²) in [6.45, 7) is 1.58. The van der Waals surface area contributed by atoms with Gasteiger partial charge in [-0.15, -0.1) is 0 Å². The molecule has 178 valence electrons. The molecule has 0 unspecified atom stereocenters. The van der Waals surface area contributed by atoms with Crippen molar-refractivity contribution in [2.75, 3.05) is 15.9 Å². The van der Waals surface area contributed by atoms with Gasteiger partial charge in [-0.05, 0) is 36.8 Å². The molecule has 0 saturated carbocycles. The van der Waals surface area contributed by atoms with Gasteiger partial charge in [0, 0.05) is 12.6 Å². The van der Waals surface area contributed by atoms with Gasteiger partial charge in [0.25, 0.3) is 5.91 Å². The summed E-state index contributed by atoms with van der Waals surface area (Å²) in [5.41, 5.74) is 1.03. The van der Waals surface area contributed by atoms with Crippen LogP contribution in [0, 0.1) is 11.6 Å². The predicted octanol–water partition coefficient (Wildman–Crippen LogP) is 3.69. The molecule has 0 aliphatic carbocycles. The van der Waals surface area contributed by atoms with Crippen molar-refractivity contribution in [3.8, 4) is 0 Å². The van der Waals surface area contributed by atoms with E-state index in [1.54, 1.807) is 12.1 Å². The van der Waals surface area contributed by atoms with E-state index in [1.165, 1.54) is 19.1 Å². The molecule has 10 heteroatoms. The topological polar surface area (TPSA) is 95.6 Å². The summed E-state index contributed by atoms with van der Waals surface area (Å²) in [6.07, 6.45) is 0.850. The molecule has 0 fully saturated rings. The molecule has 0 radical (unpaired) electrons. The van der Waals surface area contributed by atoms with Gasteiger partial charge in [-0.3, -0.25) is 13.9 Å². The molecule has 2 amide bonds. The highest BCUT2D eigenvalue weighted by Crippen LogP contribution is 2.24. The molecule has 3 aromatic carbocycles. The molecule has 0 spiro atoms. The molecule has 0 heterocycles. The minimum Gasteiger partial charge on any atom is -0.348 e. The zero-order valence-corrected chi connectivity index (χ0v) is 19.3. The number of amides is 2. The Labute approximate surface area is 196 Å². The number of hydrogen-bond acceptors (Lipinski definition) is 4. The largest absolute Gasteiger partial charge is 0.348 e. The standard InChI is InChI=1S/C24H23F2N3O4S/c1-16(29(34(2,32)33)18-12-13-20(25)21(26)14-18)23(30)28-22-11-7-6-10-19(22)24(31)27-15-17-8-4-3-5-9-17/h3-14,16H,15H2,1-2H3,(H,27,31)(H,28,30)/t16-/m1/s1. The Morgan fingerprint density at radius 2 is 1.59 bits per heavy atom. The van der Waals surface area contributed by atoms with E-state index in [9.17, 15) is 26.8 Å². The van der Waals surface area contributed by atoms with E-state index in [4.69, 9.17) is 0 Å². The average molecular weight is 488 g/mol. The van der Waals surface area contributed by atoms with Crippen LogP contribution in [0.4, 0.5) is 20.2 Å². The number of hydrogen-bond donors (Lipinski definition) is 2. The lowest BCUT2D eigenvalue weighted by Crippen LogP contribution is -2.45. The van der Waals surface area contributed by atoms with Gasteiger partial charge < -0.3 is 10.6 Å². The molecular formula is C24H23F2N3O4S. The summed E-state index contributed by atoms with van der Waals surface area (Å²) in [4.78, 5) is 25.7. The van der Waals surface area contributed by atoms with Crippen LogP contribution in [-0.4, -0.2) is 32.5 Å². The van der Waals surface area contributed by atoms with E-state index in [1.807, 2.05) is 30.3 Å². The number of halogens is 2. The summed E-state index contributed by atoms with van der Waals surface area (Å²) in [6, 6.07) is 16.7. The smallest absolute Gasteiger partial charge is 0.253 e. The summed E-state index contributed by atoms with van der Waals surface area (Å²) >= 11 is 0. The van der Waals surface area contributed by atoms with Gasteiger partial charge in [-0.2, -0.15) is 0 Å². The Hall–Kier alpha value is -3.79. The maximum absolute atomic E-state index is 13.7. The fraction of sp³-hybridized carbons (Fsp3) is 0.167. The highest BCUT2D eigenvalue weighted by atomic mass is 32.2. The van der Waals surface area contributed by atoms with E-state index in [0.29, 0.717) is 10.4 Å². The Morgan fingerprint density at radius 3 is 2.24 bits per heavy atom. The molecule has 34 heavy (non-hydrogen) atoms. The Kier molecular flexibility index (Phi) is 7.62. The van der Waals surface area contributed by atoms with Gasteiger partial charge in [0.1, 0.15) is 6.04 Å². The summed E-state index contributed by atoms with van der Waals surface area (Å²) in [5.74, 6) is -3.60. The Bertz CT molecular complexity index is 1300. The van der Waals surface area contributed by atoms with Crippen molar-refractivity contribution in [2.45, 2.75) is 19.5 Å². The van der Waals surface area contributed by atoms with Crippen LogP contribution < -0.4 is 14.9 Å². The second kappa shape index (κ2) is 10.4. The first-order valence-electron chi connectivity index (χ1n) is 10.2. The number of carbonyl (C=O) groups is 2. The number of rotatable bonds is 8.